The topological polar surface area (TPSA) is 42.2 Å². The van der Waals surface area contributed by atoms with Crippen LogP contribution in [0, 0.1) is 12.3 Å². The number of amides is 1. The van der Waals surface area contributed by atoms with Crippen molar-refractivity contribution in [1.29, 1.82) is 0 Å². The molecule has 0 fully saturated rings. The highest BCUT2D eigenvalue weighted by Gasteiger charge is 2.19. The largest absolute Gasteiger partial charge is 0.469 e. The van der Waals surface area contributed by atoms with Crippen LogP contribution >= 0.6 is 15.9 Å². The molecule has 0 spiro atoms. The molecule has 17 heavy (non-hydrogen) atoms. The number of hydrogen-bond acceptors (Lipinski definition) is 2. The molecule has 1 aromatic rings. The Hall–Kier alpha value is -0.770. The van der Waals surface area contributed by atoms with Crippen molar-refractivity contribution in [3.05, 3.63) is 23.7 Å². The van der Waals surface area contributed by atoms with Crippen molar-refractivity contribution >= 4 is 21.8 Å². The van der Waals surface area contributed by atoms with Gasteiger partial charge >= 0.3 is 0 Å². The van der Waals surface area contributed by atoms with Crippen molar-refractivity contribution in [1.82, 2.24) is 5.32 Å². The molecular weight excluding hydrogens is 282 g/mol. The summed E-state index contributed by atoms with van der Waals surface area (Å²) in [5.41, 5.74) is 0.752. The molecule has 0 aliphatic carbocycles. The van der Waals surface area contributed by atoms with Gasteiger partial charge in [-0.15, -0.1) is 0 Å². The minimum atomic E-state index is -0.0526. The molecule has 0 aliphatic rings. The smallest absolute Gasteiger partial charge is 0.254 e. The maximum absolute atomic E-state index is 11.9. The molecule has 1 heterocycles. The average molecular weight is 302 g/mol. The molecule has 0 radical (unpaired) electrons. The molecule has 1 N–H and O–H groups in total. The zero-order chi connectivity index (χ0) is 12.9. The van der Waals surface area contributed by atoms with Crippen LogP contribution < -0.4 is 5.32 Å². The van der Waals surface area contributed by atoms with Crippen LogP contribution in [-0.2, 0) is 0 Å². The van der Waals surface area contributed by atoms with E-state index in [9.17, 15) is 4.79 Å². The van der Waals surface area contributed by atoms with Crippen LogP contribution in [0.4, 0.5) is 0 Å². The first-order valence-corrected chi connectivity index (χ1v) is 6.97. The second-order valence-corrected chi connectivity index (χ2v) is 5.82. The normalized spacial score (nSPS) is 11.5. The highest BCUT2D eigenvalue weighted by molar-refractivity contribution is 9.09. The van der Waals surface area contributed by atoms with E-state index < -0.39 is 0 Å². The van der Waals surface area contributed by atoms with Gasteiger partial charge < -0.3 is 9.73 Å². The Balaban J connectivity index is 2.45. The summed E-state index contributed by atoms with van der Waals surface area (Å²) in [4.78, 5) is 11.9. The quantitative estimate of drug-likeness (QED) is 0.817. The SMILES string of the molecule is Cc1occc1C(=O)NCC(C)(C)CCCBr. The molecule has 0 bridgehead atoms. The highest BCUT2D eigenvalue weighted by atomic mass is 79.9. The van der Waals surface area contributed by atoms with Crippen LogP contribution in [-0.4, -0.2) is 17.8 Å². The number of hydrogen-bond donors (Lipinski definition) is 1. The third kappa shape index (κ3) is 4.54. The van der Waals surface area contributed by atoms with E-state index in [0.29, 0.717) is 17.9 Å². The van der Waals surface area contributed by atoms with E-state index >= 15 is 0 Å². The number of alkyl halides is 1. The third-order valence-corrected chi connectivity index (χ3v) is 3.38. The molecule has 1 aromatic heterocycles. The molecule has 96 valence electrons. The van der Waals surface area contributed by atoms with Crippen molar-refractivity contribution in [2.75, 3.05) is 11.9 Å². The van der Waals surface area contributed by atoms with Gasteiger partial charge in [-0.2, -0.15) is 0 Å². The van der Waals surface area contributed by atoms with Crippen LogP contribution in [0.3, 0.4) is 0 Å². The van der Waals surface area contributed by atoms with Gasteiger partial charge in [0, 0.05) is 11.9 Å². The Morgan fingerprint density at radius 3 is 2.76 bits per heavy atom. The lowest BCUT2D eigenvalue weighted by Gasteiger charge is -2.24. The van der Waals surface area contributed by atoms with Crippen molar-refractivity contribution in [2.45, 2.75) is 33.6 Å². The summed E-state index contributed by atoms with van der Waals surface area (Å²) in [7, 11) is 0. The average Bonchev–Trinajstić information content (AvgIpc) is 2.70. The molecule has 1 amide bonds. The number of carbonyl (C=O) groups excluding carboxylic acids is 1. The van der Waals surface area contributed by atoms with Crippen LogP contribution in [0.5, 0.6) is 0 Å². The fourth-order valence-electron chi connectivity index (χ4n) is 1.67. The van der Waals surface area contributed by atoms with E-state index in [1.807, 2.05) is 0 Å². The van der Waals surface area contributed by atoms with Gasteiger partial charge in [0.1, 0.15) is 5.76 Å². The van der Waals surface area contributed by atoms with E-state index in [0.717, 1.165) is 18.2 Å². The minimum absolute atomic E-state index is 0.0526. The molecule has 0 saturated carbocycles. The zero-order valence-corrected chi connectivity index (χ0v) is 12.3. The van der Waals surface area contributed by atoms with Crippen LogP contribution in [0.1, 0.15) is 42.8 Å². The van der Waals surface area contributed by atoms with Crippen molar-refractivity contribution < 1.29 is 9.21 Å². The van der Waals surface area contributed by atoms with Gasteiger partial charge in [0.15, 0.2) is 0 Å². The molecule has 1 rings (SSSR count). The monoisotopic (exact) mass is 301 g/mol. The molecule has 0 aromatic carbocycles. The molecule has 0 atom stereocenters. The number of nitrogens with one attached hydrogen (secondary N) is 1. The Bertz CT molecular complexity index is 371. The summed E-state index contributed by atoms with van der Waals surface area (Å²) >= 11 is 3.42. The van der Waals surface area contributed by atoms with E-state index in [1.165, 1.54) is 0 Å². The second kappa shape index (κ2) is 6.24. The summed E-state index contributed by atoms with van der Waals surface area (Å²) in [6.45, 7) is 6.81. The number of furan rings is 1. The first-order valence-electron chi connectivity index (χ1n) is 5.84. The molecule has 0 unspecified atom stereocenters. The Kier molecular flexibility index (Phi) is 5.25. The van der Waals surface area contributed by atoms with Crippen molar-refractivity contribution in [2.24, 2.45) is 5.41 Å². The third-order valence-electron chi connectivity index (χ3n) is 2.82. The lowest BCUT2D eigenvalue weighted by atomic mass is 9.88. The molecule has 3 nitrogen and oxygen atoms in total. The fraction of sp³-hybridized carbons (Fsp3) is 0.615. The predicted molar refractivity (Wildman–Crippen MR) is 72.6 cm³/mol. The molecule has 0 saturated heterocycles. The fourth-order valence-corrected chi connectivity index (χ4v) is 1.95. The lowest BCUT2D eigenvalue weighted by molar-refractivity contribution is 0.0933. The van der Waals surface area contributed by atoms with Gasteiger partial charge in [-0.25, -0.2) is 0 Å². The van der Waals surface area contributed by atoms with Crippen LogP contribution in [0.2, 0.25) is 0 Å². The number of carbonyl (C=O) groups is 1. The first kappa shape index (κ1) is 14.3. The Morgan fingerprint density at radius 1 is 1.53 bits per heavy atom. The van der Waals surface area contributed by atoms with Crippen molar-refractivity contribution in [3.8, 4) is 0 Å². The van der Waals surface area contributed by atoms with E-state index in [-0.39, 0.29) is 11.3 Å². The van der Waals surface area contributed by atoms with Crippen LogP contribution in [0.15, 0.2) is 16.7 Å². The van der Waals surface area contributed by atoms with Gasteiger partial charge in [-0.05, 0) is 31.2 Å². The van der Waals surface area contributed by atoms with Crippen LogP contribution in [0.25, 0.3) is 0 Å². The maximum atomic E-state index is 11.9. The summed E-state index contributed by atoms with van der Waals surface area (Å²) in [6.07, 6.45) is 3.75. The highest BCUT2D eigenvalue weighted by Crippen LogP contribution is 2.22. The van der Waals surface area contributed by atoms with Crippen molar-refractivity contribution in [3.63, 3.8) is 0 Å². The maximum Gasteiger partial charge on any atom is 0.254 e. The minimum Gasteiger partial charge on any atom is -0.469 e. The van der Waals surface area contributed by atoms with E-state index in [2.05, 4.69) is 35.1 Å². The molecule has 4 heteroatoms. The lowest BCUT2D eigenvalue weighted by Crippen LogP contribution is -2.34. The zero-order valence-electron chi connectivity index (χ0n) is 10.7. The Labute approximate surface area is 111 Å². The Morgan fingerprint density at radius 2 is 2.24 bits per heavy atom. The predicted octanol–water partition coefficient (Wildman–Crippen LogP) is 3.52. The van der Waals surface area contributed by atoms with Gasteiger partial charge in [-0.3, -0.25) is 4.79 Å². The molecule has 0 aliphatic heterocycles. The van der Waals surface area contributed by atoms with Gasteiger partial charge in [0.2, 0.25) is 0 Å². The second-order valence-electron chi connectivity index (χ2n) is 5.03. The van der Waals surface area contributed by atoms with Gasteiger partial charge in [0.05, 0.1) is 11.8 Å². The van der Waals surface area contributed by atoms with Gasteiger partial charge in [0.25, 0.3) is 5.91 Å². The summed E-state index contributed by atoms with van der Waals surface area (Å²) in [5, 5.41) is 3.97. The van der Waals surface area contributed by atoms with Gasteiger partial charge in [-0.1, -0.05) is 29.8 Å². The van der Waals surface area contributed by atoms with E-state index in [1.54, 1.807) is 19.3 Å². The summed E-state index contributed by atoms with van der Waals surface area (Å²) in [6, 6.07) is 1.70. The molecular formula is C13H20BrNO2. The summed E-state index contributed by atoms with van der Waals surface area (Å²) in [5.74, 6) is 0.615. The number of halogens is 1. The number of aryl methyl sites for hydroxylation is 1. The standard InChI is InChI=1S/C13H20BrNO2/c1-10-11(5-8-17-10)12(16)15-9-13(2,3)6-4-7-14/h5,8H,4,6-7,9H2,1-3H3,(H,15,16). The van der Waals surface area contributed by atoms with E-state index in [4.69, 9.17) is 4.42 Å². The first-order chi connectivity index (χ1) is 7.96. The number of rotatable bonds is 6. The summed E-state index contributed by atoms with van der Waals surface area (Å²) < 4.78 is 5.12.